The zero-order valence-corrected chi connectivity index (χ0v) is 21.9. The summed E-state index contributed by atoms with van der Waals surface area (Å²) in [5.74, 6) is 0.488. The van der Waals surface area contributed by atoms with Gasteiger partial charge in [-0.1, -0.05) is 27.3 Å². The number of hydrogen-bond donors (Lipinski definition) is 1. The number of methoxy groups -OCH3 is 2. The fraction of sp³-hybridized carbons (Fsp3) is 0.240. The van der Waals surface area contributed by atoms with Gasteiger partial charge >= 0.3 is 5.97 Å². The number of aromatic nitrogens is 1. The van der Waals surface area contributed by atoms with Gasteiger partial charge in [-0.05, 0) is 56.3 Å². The summed E-state index contributed by atoms with van der Waals surface area (Å²) in [6.07, 6.45) is 1.60. The smallest absolute Gasteiger partial charge is 0.338 e. The lowest BCUT2D eigenvalue weighted by molar-refractivity contribution is -0.139. The molecule has 1 unspecified atom stereocenters. The van der Waals surface area contributed by atoms with E-state index in [2.05, 4.69) is 20.9 Å². The van der Waals surface area contributed by atoms with E-state index in [-0.39, 0.29) is 23.5 Å². The molecule has 2 aromatic carbocycles. The topological polar surface area (TPSA) is 99.4 Å². The van der Waals surface area contributed by atoms with Crippen molar-refractivity contribution in [1.29, 1.82) is 0 Å². The minimum Gasteiger partial charge on any atom is -0.507 e. The Morgan fingerprint density at radius 2 is 2.00 bits per heavy atom. The molecular formula is C25H23BrN2O6S. The van der Waals surface area contributed by atoms with Crippen LogP contribution in [0.3, 0.4) is 0 Å². The van der Waals surface area contributed by atoms with Crippen LogP contribution in [0.25, 0.3) is 6.08 Å². The largest absolute Gasteiger partial charge is 0.507 e. The zero-order chi connectivity index (χ0) is 25.3. The summed E-state index contributed by atoms with van der Waals surface area (Å²) in [6, 6.07) is 9.31. The molecule has 10 heteroatoms. The summed E-state index contributed by atoms with van der Waals surface area (Å²) in [7, 11) is 3.06. The standard InChI is InChI=1S/C25H23BrN2O6S/c1-5-34-24(31)21-13(2)27-25-28(22(21)17-12-16(32-3)7-9-19(17)33-4)23(30)20(35-25)11-14-10-15(26)6-8-18(14)29/h6-12,22,29H,5H2,1-4H3/b20-11-. The Hall–Kier alpha value is -3.37. The van der Waals surface area contributed by atoms with Crippen LogP contribution in [0.1, 0.15) is 31.0 Å². The second-order valence-corrected chi connectivity index (χ2v) is 9.54. The van der Waals surface area contributed by atoms with Crippen molar-refractivity contribution in [2.45, 2.75) is 19.9 Å². The predicted molar refractivity (Wildman–Crippen MR) is 136 cm³/mol. The molecule has 182 valence electrons. The van der Waals surface area contributed by atoms with Gasteiger partial charge in [0.25, 0.3) is 5.56 Å². The summed E-state index contributed by atoms with van der Waals surface area (Å²) in [5.41, 5.74) is 1.35. The normalized spacial score (nSPS) is 15.5. The highest BCUT2D eigenvalue weighted by atomic mass is 79.9. The number of nitrogens with zero attached hydrogens (tertiary/aromatic N) is 2. The SMILES string of the molecule is CCOC(=O)C1=C(C)N=c2s/c(=C\c3cc(Br)ccc3O)c(=O)n2C1c1cc(OC)ccc1OC. The molecule has 4 rings (SSSR count). The van der Waals surface area contributed by atoms with Gasteiger partial charge in [-0.15, -0.1) is 0 Å². The zero-order valence-electron chi connectivity index (χ0n) is 19.5. The number of thiazole rings is 1. The summed E-state index contributed by atoms with van der Waals surface area (Å²) in [4.78, 5) is 31.8. The number of fused-ring (bicyclic) bond motifs is 1. The number of rotatable bonds is 6. The molecule has 8 nitrogen and oxygen atoms in total. The number of phenols is 1. The van der Waals surface area contributed by atoms with E-state index in [1.807, 2.05) is 0 Å². The van der Waals surface area contributed by atoms with Crippen LogP contribution in [0, 0.1) is 0 Å². The summed E-state index contributed by atoms with van der Waals surface area (Å²) < 4.78 is 18.9. The molecule has 0 aliphatic carbocycles. The van der Waals surface area contributed by atoms with Crippen LogP contribution in [0.4, 0.5) is 0 Å². The molecule has 0 amide bonds. The Balaban J connectivity index is 2.04. The van der Waals surface area contributed by atoms with Gasteiger partial charge < -0.3 is 19.3 Å². The summed E-state index contributed by atoms with van der Waals surface area (Å²) in [5, 5.41) is 10.3. The van der Waals surface area contributed by atoms with Crippen LogP contribution < -0.4 is 24.4 Å². The Morgan fingerprint density at radius 3 is 2.69 bits per heavy atom. The third-order valence-electron chi connectivity index (χ3n) is 5.52. The van der Waals surface area contributed by atoms with Crippen molar-refractivity contribution in [3.8, 4) is 17.2 Å². The van der Waals surface area contributed by atoms with Gasteiger partial charge in [0.1, 0.15) is 23.3 Å². The molecule has 0 saturated heterocycles. The number of halogens is 1. The van der Waals surface area contributed by atoms with Crippen LogP contribution in [-0.2, 0) is 9.53 Å². The number of carbonyl (C=O) groups excluding carboxylic acids is 1. The molecule has 35 heavy (non-hydrogen) atoms. The first-order valence-corrected chi connectivity index (χ1v) is 12.3. The lowest BCUT2D eigenvalue weighted by atomic mass is 9.94. The lowest BCUT2D eigenvalue weighted by Gasteiger charge is -2.26. The molecule has 0 spiro atoms. The molecule has 0 radical (unpaired) electrons. The molecule has 3 aromatic rings. The van der Waals surface area contributed by atoms with Crippen LogP contribution in [0.5, 0.6) is 17.2 Å². The minimum atomic E-state index is -0.853. The molecule has 1 aliphatic rings. The van der Waals surface area contributed by atoms with Gasteiger partial charge in [-0.2, -0.15) is 0 Å². The summed E-state index contributed by atoms with van der Waals surface area (Å²) >= 11 is 4.56. The number of hydrogen-bond acceptors (Lipinski definition) is 8. The van der Waals surface area contributed by atoms with E-state index in [0.717, 1.165) is 4.47 Å². The molecule has 1 aromatic heterocycles. The molecular weight excluding hydrogens is 536 g/mol. The average molecular weight is 559 g/mol. The van der Waals surface area contributed by atoms with Gasteiger partial charge in [0.15, 0.2) is 4.80 Å². The van der Waals surface area contributed by atoms with E-state index in [4.69, 9.17) is 14.2 Å². The number of benzene rings is 2. The number of carbonyl (C=O) groups is 1. The fourth-order valence-electron chi connectivity index (χ4n) is 3.92. The first kappa shape index (κ1) is 24.7. The number of esters is 1. The van der Waals surface area contributed by atoms with Crippen molar-refractivity contribution in [3.05, 3.63) is 83.0 Å². The van der Waals surface area contributed by atoms with Crippen LogP contribution >= 0.6 is 27.3 Å². The van der Waals surface area contributed by atoms with Gasteiger partial charge in [-0.3, -0.25) is 9.36 Å². The molecule has 0 bridgehead atoms. The Morgan fingerprint density at radius 1 is 1.23 bits per heavy atom. The maximum absolute atomic E-state index is 13.7. The highest BCUT2D eigenvalue weighted by molar-refractivity contribution is 9.10. The lowest BCUT2D eigenvalue weighted by Crippen LogP contribution is -2.40. The Labute approximate surface area is 213 Å². The third kappa shape index (κ3) is 4.63. The first-order valence-electron chi connectivity index (χ1n) is 10.7. The quantitative estimate of drug-likeness (QED) is 0.466. The molecule has 1 aliphatic heterocycles. The van der Waals surface area contributed by atoms with Gasteiger partial charge in [0, 0.05) is 15.6 Å². The number of phenolic OH excluding ortho intramolecular Hbond substituents is 1. The number of allylic oxidation sites excluding steroid dienone is 1. The van der Waals surface area contributed by atoms with E-state index in [0.29, 0.717) is 37.7 Å². The van der Waals surface area contributed by atoms with E-state index in [1.165, 1.54) is 30.1 Å². The molecule has 0 saturated carbocycles. The van der Waals surface area contributed by atoms with Crippen molar-refractivity contribution >= 4 is 39.3 Å². The Bertz CT molecular complexity index is 1520. The van der Waals surface area contributed by atoms with E-state index < -0.39 is 12.0 Å². The second kappa shape index (κ2) is 10.1. The van der Waals surface area contributed by atoms with E-state index in [9.17, 15) is 14.7 Å². The van der Waals surface area contributed by atoms with Crippen molar-refractivity contribution in [3.63, 3.8) is 0 Å². The van der Waals surface area contributed by atoms with Crippen LogP contribution in [0.2, 0.25) is 0 Å². The molecule has 2 heterocycles. The van der Waals surface area contributed by atoms with Crippen LogP contribution in [-0.4, -0.2) is 36.5 Å². The van der Waals surface area contributed by atoms with Gasteiger partial charge in [0.05, 0.1) is 36.6 Å². The highest BCUT2D eigenvalue weighted by Gasteiger charge is 2.35. The third-order valence-corrected chi connectivity index (χ3v) is 7.00. The van der Waals surface area contributed by atoms with Gasteiger partial charge in [-0.25, -0.2) is 9.79 Å². The minimum absolute atomic E-state index is 0.0356. The molecule has 1 atom stereocenters. The van der Waals surface area contributed by atoms with Crippen molar-refractivity contribution < 1.29 is 24.1 Å². The monoisotopic (exact) mass is 558 g/mol. The van der Waals surface area contributed by atoms with Crippen LogP contribution in [0.15, 0.2) is 61.9 Å². The number of ether oxygens (including phenoxy) is 3. The van der Waals surface area contributed by atoms with Crippen molar-refractivity contribution in [1.82, 2.24) is 4.57 Å². The maximum atomic E-state index is 13.7. The molecule has 0 fully saturated rings. The van der Waals surface area contributed by atoms with E-state index >= 15 is 0 Å². The average Bonchev–Trinajstić information content (AvgIpc) is 3.14. The van der Waals surface area contributed by atoms with Crippen molar-refractivity contribution in [2.24, 2.45) is 4.99 Å². The van der Waals surface area contributed by atoms with Crippen molar-refractivity contribution in [2.75, 3.05) is 20.8 Å². The predicted octanol–water partition coefficient (Wildman–Crippen LogP) is 3.28. The second-order valence-electron chi connectivity index (χ2n) is 7.61. The highest BCUT2D eigenvalue weighted by Crippen LogP contribution is 2.37. The molecule has 1 N–H and O–H groups in total. The van der Waals surface area contributed by atoms with Gasteiger partial charge in [0.2, 0.25) is 0 Å². The summed E-state index contributed by atoms with van der Waals surface area (Å²) in [6.45, 7) is 3.60. The van der Waals surface area contributed by atoms with E-state index in [1.54, 1.807) is 56.3 Å². The fourth-order valence-corrected chi connectivity index (χ4v) is 5.34. The Kier molecular flexibility index (Phi) is 7.13. The first-order chi connectivity index (χ1) is 16.8. The number of aromatic hydroxyl groups is 1. The maximum Gasteiger partial charge on any atom is 0.338 e.